The fraction of sp³-hybridized carbons (Fsp3) is 0.933. The van der Waals surface area contributed by atoms with Gasteiger partial charge < -0.3 is 14.7 Å². The maximum Gasteiger partial charge on any atom is 0.410 e. The van der Waals surface area contributed by atoms with Gasteiger partial charge in [0.05, 0.1) is 6.10 Å². The number of hydrogen-bond donors (Lipinski definition) is 1. The summed E-state index contributed by atoms with van der Waals surface area (Å²) < 4.78 is 5.40. The van der Waals surface area contributed by atoms with E-state index in [1.807, 2.05) is 41.5 Å². The van der Waals surface area contributed by atoms with Crippen LogP contribution in [0.2, 0.25) is 0 Å². The molecule has 4 heteroatoms. The smallest absolute Gasteiger partial charge is 0.410 e. The molecule has 112 valence electrons. The van der Waals surface area contributed by atoms with Crippen molar-refractivity contribution in [3.63, 3.8) is 0 Å². The molecule has 1 rings (SSSR count). The van der Waals surface area contributed by atoms with E-state index in [1.54, 1.807) is 4.90 Å². The molecule has 0 spiro atoms. The van der Waals surface area contributed by atoms with Crippen molar-refractivity contribution >= 4 is 6.09 Å². The van der Waals surface area contributed by atoms with Gasteiger partial charge in [0.2, 0.25) is 0 Å². The number of aliphatic hydroxyl groups is 1. The van der Waals surface area contributed by atoms with E-state index >= 15 is 0 Å². The van der Waals surface area contributed by atoms with Crippen molar-refractivity contribution < 1.29 is 14.6 Å². The summed E-state index contributed by atoms with van der Waals surface area (Å²) in [5, 5.41) is 10.4. The highest BCUT2D eigenvalue weighted by atomic mass is 16.6. The Morgan fingerprint density at radius 2 is 1.84 bits per heavy atom. The number of likely N-dealkylation sites (tertiary alicyclic amines) is 1. The lowest BCUT2D eigenvalue weighted by Crippen LogP contribution is -2.48. The largest absolute Gasteiger partial charge is 0.444 e. The molecule has 0 aromatic heterocycles. The molecule has 1 aliphatic rings. The van der Waals surface area contributed by atoms with E-state index in [0.717, 1.165) is 19.4 Å². The lowest BCUT2D eigenvalue weighted by Gasteiger charge is -2.40. The van der Waals surface area contributed by atoms with Crippen LogP contribution < -0.4 is 0 Å². The van der Waals surface area contributed by atoms with Crippen molar-refractivity contribution in [2.75, 3.05) is 13.1 Å². The van der Waals surface area contributed by atoms with Crippen LogP contribution in [0.4, 0.5) is 4.79 Å². The molecule has 0 aliphatic carbocycles. The lowest BCUT2D eigenvalue weighted by molar-refractivity contribution is -0.0280. The number of rotatable bonds is 1. The third-order valence-electron chi connectivity index (χ3n) is 3.44. The van der Waals surface area contributed by atoms with Gasteiger partial charge in [0.15, 0.2) is 0 Å². The van der Waals surface area contributed by atoms with E-state index in [9.17, 15) is 9.90 Å². The molecule has 4 nitrogen and oxygen atoms in total. The zero-order valence-corrected chi connectivity index (χ0v) is 13.2. The highest BCUT2D eigenvalue weighted by molar-refractivity contribution is 5.68. The molecule has 0 bridgehead atoms. The summed E-state index contributed by atoms with van der Waals surface area (Å²) in [6.07, 6.45) is 1.24. The summed E-state index contributed by atoms with van der Waals surface area (Å²) >= 11 is 0. The van der Waals surface area contributed by atoms with E-state index in [0.29, 0.717) is 6.54 Å². The minimum atomic E-state index is -0.466. The Morgan fingerprint density at radius 3 is 2.32 bits per heavy atom. The van der Waals surface area contributed by atoms with Crippen molar-refractivity contribution in [1.29, 1.82) is 0 Å². The summed E-state index contributed by atoms with van der Waals surface area (Å²) in [4.78, 5) is 13.8. The second kappa shape index (κ2) is 5.70. The Morgan fingerprint density at radius 1 is 1.26 bits per heavy atom. The predicted octanol–water partition coefficient (Wildman–Crippen LogP) is 3.04. The Bertz CT molecular complexity index is 314. The monoisotopic (exact) mass is 271 g/mol. The van der Waals surface area contributed by atoms with Gasteiger partial charge in [0, 0.05) is 19.0 Å². The van der Waals surface area contributed by atoms with Gasteiger partial charge in [0.25, 0.3) is 0 Å². The minimum Gasteiger partial charge on any atom is -0.444 e. The molecule has 1 amide bonds. The zero-order chi connectivity index (χ0) is 14.8. The Kier molecular flexibility index (Phi) is 4.88. The maximum absolute atomic E-state index is 12.1. The van der Waals surface area contributed by atoms with Gasteiger partial charge in [-0.1, -0.05) is 20.8 Å². The quantitative estimate of drug-likeness (QED) is 0.797. The third kappa shape index (κ3) is 5.01. The van der Waals surface area contributed by atoms with Crippen LogP contribution >= 0.6 is 0 Å². The number of ether oxygens (including phenoxy) is 1. The normalized spacial score (nSPS) is 23.1. The maximum atomic E-state index is 12.1. The molecule has 1 saturated heterocycles. The van der Waals surface area contributed by atoms with Crippen LogP contribution in [0, 0.1) is 11.3 Å². The summed E-state index contributed by atoms with van der Waals surface area (Å²) in [5.41, 5.74) is -0.617. The van der Waals surface area contributed by atoms with E-state index in [1.165, 1.54) is 0 Å². The number of hydrogen-bond acceptors (Lipinski definition) is 3. The summed E-state index contributed by atoms with van der Waals surface area (Å²) in [7, 11) is 0. The third-order valence-corrected chi connectivity index (χ3v) is 3.44. The molecule has 1 heterocycles. The van der Waals surface area contributed by atoms with Crippen molar-refractivity contribution in [3.05, 3.63) is 0 Å². The number of aliphatic hydroxyl groups excluding tert-OH is 1. The molecule has 1 N–H and O–H groups in total. The molecule has 2 atom stereocenters. The number of amides is 1. The zero-order valence-electron chi connectivity index (χ0n) is 13.2. The number of carbonyl (C=O) groups excluding carboxylic acids is 1. The molecular formula is C15H29NO3. The average molecular weight is 271 g/mol. The number of carbonyl (C=O) groups is 1. The number of nitrogens with zero attached hydrogens (tertiary/aromatic N) is 1. The van der Waals surface area contributed by atoms with Crippen LogP contribution in [0.15, 0.2) is 0 Å². The van der Waals surface area contributed by atoms with Gasteiger partial charge >= 0.3 is 6.09 Å². The van der Waals surface area contributed by atoms with Gasteiger partial charge in [0.1, 0.15) is 5.60 Å². The first-order valence-corrected chi connectivity index (χ1v) is 7.17. The highest BCUT2D eigenvalue weighted by Gasteiger charge is 2.35. The van der Waals surface area contributed by atoms with Crippen molar-refractivity contribution in [3.8, 4) is 0 Å². The number of piperidine rings is 1. The molecule has 1 fully saturated rings. The van der Waals surface area contributed by atoms with E-state index < -0.39 is 11.7 Å². The van der Waals surface area contributed by atoms with Crippen molar-refractivity contribution in [1.82, 2.24) is 4.90 Å². The van der Waals surface area contributed by atoms with Crippen LogP contribution in [0.25, 0.3) is 0 Å². The fourth-order valence-corrected chi connectivity index (χ4v) is 2.47. The molecule has 1 aliphatic heterocycles. The molecular weight excluding hydrogens is 242 g/mol. The van der Waals surface area contributed by atoms with E-state index in [4.69, 9.17) is 4.74 Å². The van der Waals surface area contributed by atoms with Gasteiger partial charge in [-0.15, -0.1) is 0 Å². The standard InChI is InChI=1S/C15H29NO3/c1-14(2,3)12(17)11-8-7-9-16(10-11)13(18)19-15(4,5)6/h11-12,17H,7-10H2,1-6H3/t11-,12+/m0/s1. The van der Waals surface area contributed by atoms with Crippen LogP contribution in [0.1, 0.15) is 54.4 Å². The second-order valence-electron chi connectivity index (χ2n) is 7.64. The Labute approximate surface area is 117 Å². The van der Waals surface area contributed by atoms with E-state index in [-0.39, 0.29) is 17.4 Å². The van der Waals surface area contributed by atoms with Gasteiger partial charge in [-0.25, -0.2) is 4.79 Å². The lowest BCUT2D eigenvalue weighted by atomic mass is 9.78. The average Bonchev–Trinajstić information content (AvgIpc) is 2.24. The first-order valence-electron chi connectivity index (χ1n) is 7.17. The molecule has 0 radical (unpaired) electrons. The molecule has 0 unspecified atom stereocenters. The fourth-order valence-electron chi connectivity index (χ4n) is 2.47. The second-order valence-corrected chi connectivity index (χ2v) is 7.64. The van der Waals surface area contributed by atoms with Crippen LogP contribution in [-0.4, -0.2) is 40.9 Å². The highest BCUT2D eigenvalue weighted by Crippen LogP contribution is 2.31. The SMILES string of the molecule is CC(C)(C)OC(=O)N1CCC[C@H]([C@@H](O)C(C)(C)C)C1. The molecule has 0 aromatic carbocycles. The van der Waals surface area contributed by atoms with Crippen LogP contribution in [-0.2, 0) is 4.74 Å². The molecule has 0 saturated carbocycles. The molecule has 0 aromatic rings. The first-order chi connectivity index (χ1) is 8.50. The minimum absolute atomic E-state index is 0.140. The Hall–Kier alpha value is -0.770. The Balaban J connectivity index is 2.62. The van der Waals surface area contributed by atoms with Crippen LogP contribution in [0.3, 0.4) is 0 Å². The van der Waals surface area contributed by atoms with Gasteiger partial charge in [-0.05, 0) is 39.0 Å². The summed E-state index contributed by atoms with van der Waals surface area (Å²) in [6.45, 7) is 13.0. The summed E-state index contributed by atoms with van der Waals surface area (Å²) in [5.74, 6) is 0.140. The van der Waals surface area contributed by atoms with Crippen molar-refractivity contribution in [2.24, 2.45) is 11.3 Å². The van der Waals surface area contributed by atoms with Gasteiger partial charge in [-0.3, -0.25) is 0 Å². The first kappa shape index (κ1) is 16.3. The van der Waals surface area contributed by atoms with Crippen molar-refractivity contribution in [2.45, 2.75) is 66.1 Å². The van der Waals surface area contributed by atoms with E-state index in [2.05, 4.69) is 0 Å². The van der Waals surface area contributed by atoms with Gasteiger partial charge in [-0.2, -0.15) is 0 Å². The predicted molar refractivity (Wildman–Crippen MR) is 76.0 cm³/mol. The summed E-state index contributed by atoms with van der Waals surface area (Å²) in [6, 6.07) is 0. The van der Waals surface area contributed by atoms with Crippen LogP contribution in [0.5, 0.6) is 0 Å². The molecule has 19 heavy (non-hydrogen) atoms. The topological polar surface area (TPSA) is 49.8 Å².